The van der Waals surface area contributed by atoms with Crippen LogP contribution >= 0.6 is 11.3 Å². The minimum absolute atomic E-state index is 0.188. The molecule has 1 heterocycles. The normalized spacial score (nSPS) is 11.5. The van der Waals surface area contributed by atoms with Gasteiger partial charge in [0.1, 0.15) is 10.6 Å². The fourth-order valence-corrected chi connectivity index (χ4v) is 3.57. The van der Waals surface area contributed by atoms with Crippen LogP contribution in [-0.2, 0) is 4.74 Å². The van der Waals surface area contributed by atoms with Gasteiger partial charge in [-0.1, -0.05) is 36.4 Å². The quantitative estimate of drug-likeness (QED) is 0.604. The largest absolute Gasteiger partial charge is 0.573 e. The number of rotatable bonds is 3. The van der Waals surface area contributed by atoms with Crippen molar-refractivity contribution in [1.82, 2.24) is 0 Å². The number of alkyl halides is 3. The molecule has 0 N–H and O–H groups in total. The van der Waals surface area contributed by atoms with Gasteiger partial charge in [-0.2, -0.15) is 0 Å². The van der Waals surface area contributed by atoms with Crippen LogP contribution in [0.2, 0.25) is 0 Å². The van der Waals surface area contributed by atoms with E-state index in [4.69, 9.17) is 4.74 Å². The second-order valence-corrected chi connectivity index (χ2v) is 5.89. The summed E-state index contributed by atoms with van der Waals surface area (Å²) in [6, 6.07) is 12.8. The van der Waals surface area contributed by atoms with Gasteiger partial charge >= 0.3 is 12.3 Å². The second kappa shape index (κ2) is 6.16. The van der Waals surface area contributed by atoms with E-state index in [1.54, 1.807) is 30.3 Å². The van der Waals surface area contributed by atoms with Crippen molar-refractivity contribution in [2.24, 2.45) is 0 Å². The third-order valence-electron chi connectivity index (χ3n) is 3.35. The SMILES string of the molecule is COC(=O)c1sc2ccccc2c1-c1ccccc1OC(F)(F)F. The predicted molar refractivity (Wildman–Crippen MR) is 85.3 cm³/mol. The molecule has 1 aromatic heterocycles. The Morgan fingerprint density at radius 3 is 2.42 bits per heavy atom. The highest BCUT2D eigenvalue weighted by atomic mass is 32.1. The number of fused-ring (bicyclic) bond motifs is 1. The molecule has 7 heteroatoms. The number of hydrogen-bond donors (Lipinski definition) is 0. The molecule has 2 aromatic carbocycles. The molecule has 0 unspecified atom stereocenters. The summed E-state index contributed by atoms with van der Waals surface area (Å²) < 4.78 is 47.7. The summed E-state index contributed by atoms with van der Waals surface area (Å²) in [5.41, 5.74) is 0.565. The molecule has 24 heavy (non-hydrogen) atoms. The Labute approximate surface area is 139 Å². The first-order chi connectivity index (χ1) is 11.4. The zero-order chi connectivity index (χ0) is 17.3. The molecule has 0 atom stereocenters. The maximum Gasteiger partial charge on any atom is 0.573 e. The fourth-order valence-electron chi connectivity index (χ4n) is 2.44. The van der Waals surface area contributed by atoms with Crippen molar-refractivity contribution in [3.63, 3.8) is 0 Å². The van der Waals surface area contributed by atoms with Crippen molar-refractivity contribution in [2.75, 3.05) is 7.11 Å². The number of thiophene rings is 1. The molecule has 124 valence electrons. The minimum Gasteiger partial charge on any atom is -0.465 e. The smallest absolute Gasteiger partial charge is 0.465 e. The number of hydrogen-bond acceptors (Lipinski definition) is 4. The minimum atomic E-state index is -4.83. The van der Waals surface area contributed by atoms with Gasteiger partial charge in [0.25, 0.3) is 0 Å². The Bertz CT molecular complexity index is 899. The highest BCUT2D eigenvalue weighted by molar-refractivity contribution is 7.21. The first-order valence-electron chi connectivity index (χ1n) is 6.85. The van der Waals surface area contributed by atoms with Gasteiger partial charge in [0, 0.05) is 21.2 Å². The van der Waals surface area contributed by atoms with Gasteiger partial charge in [0.15, 0.2) is 0 Å². The maximum atomic E-state index is 12.7. The average Bonchev–Trinajstić information content (AvgIpc) is 2.92. The molecule has 0 aliphatic heterocycles. The van der Waals surface area contributed by atoms with Crippen LogP contribution in [0.15, 0.2) is 48.5 Å². The van der Waals surface area contributed by atoms with E-state index < -0.39 is 12.3 Å². The third-order valence-corrected chi connectivity index (χ3v) is 4.50. The van der Waals surface area contributed by atoms with Gasteiger partial charge in [-0.3, -0.25) is 0 Å². The van der Waals surface area contributed by atoms with Crippen LogP contribution < -0.4 is 4.74 Å². The average molecular weight is 352 g/mol. The van der Waals surface area contributed by atoms with Gasteiger partial charge in [-0.05, 0) is 12.1 Å². The van der Waals surface area contributed by atoms with E-state index in [0.29, 0.717) is 10.9 Å². The molecule has 0 spiro atoms. The molecule has 0 saturated heterocycles. The van der Waals surface area contributed by atoms with E-state index in [2.05, 4.69) is 4.74 Å². The van der Waals surface area contributed by atoms with E-state index in [-0.39, 0.29) is 16.2 Å². The molecular weight excluding hydrogens is 341 g/mol. The van der Waals surface area contributed by atoms with Gasteiger partial charge < -0.3 is 9.47 Å². The highest BCUT2D eigenvalue weighted by Gasteiger charge is 2.33. The number of methoxy groups -OCH3 is 1. The predicted octanol–water partition coefficient (Wildman–Crippen LogP) is 5.25. The molecule has 3 rings (SSSR count). The van der Waals surface area contributed by atoms with Crippen molar-refractivity contribution in [3.8, 4) is 16.9 Å². The van der Waals surface area contributed by atoms with Crippen LogP contribution in [0.5, 0.6) is 5.75 Å². The summed E-state index contributed by atoms with van der Waals surface area (Å²) in [6.07, 6.45) is -4.83. The molecule has 3 nitrogen and oxygen atoms in total. The van der Waals surface area contributed by atoms with Crippen LogP contribution in [0, 0.1) is 0 Å². The summed E-state index contributed by atoms with van der Waals surface area (Å²) in [7, 11) is 1.23. The second-order valence-electron chi connectivity index (χ2n) is 4.84. The van der Waals surface area contributed by atoms with Crippen LogP contribution in [0.1, 0.15) is 9.67 Å². The topological polar surface area (TPSA) is 35.5 Å². The zero-order valence-electron chi connectivity index (χ0n) is 12.4. The van der Waals surface area contributed by atoms with Crippen molar-refractivity contribution in [3.05, 3.63) is 53.4 Å². The summed E-state index contributed by atoms with van der Waals surface area (Å²) >= 11 is 1.17. The maximum absolute atomic E-state index is 12.7. The summed E-state index contributed by atoms with van der Waals surface area (Å²) in [6.45, 7) is 0. The molecule has 0 aliphatic rings. The monoisotopic (exact) mass is 352 g/mol. The number of esters is 1. The van der Waals surface area contributed by atoms with Crippen LogP contribution in [0.25, 0.3) is 21.2 Å². The lowest BCUT2D eigenvalue weighted by molar-refractivity contribution is -0.274. The Balaban J connectivity index is 2.28. The van der Waals surface area contributed by atoms with Crippen molar-refractivity contribution in [2.45, 2.75) is 6.36 Å². The fraction of sp³-hybridized carbons (Fsp3) is 0.118. The molecule has 0 bridgehead atoms. The first-order valence-corrected chi connectivity index (χ1v) is 7.67. The Morgan fingerprint density at radius 1 is 1.04 bits per heavy atom. The van der Waals surface area contributed by atoms with Crippen LogP contribution in [0.4, 0.5) is 13.2 Å². The lowest BCUT2D eigenvalue weighted by Crippen LogP contribution is -2.17. The lowest BCUT2D eigenvalue weighted by Gasteiger charge is -2.13. The van der Waals surface area contributed by atoms with E-state index in [1.807, 2.05) is 0 Å². The van der Waals surface area contributed by atoms with Crippen molar-refractivity contribution in [1.29, 1.82) is 0 Å². The molecule has 0 amide bonds. The van der Waals surface area contributed by atoms with E-state index >= 15 is 0 Å². The van der Waals surface area contributed by atoms with Gasteiger partial charge in [0.05, 0.1) is 7.11 Å². The van der Waals surface area contributed by atoms with Crippen LogP contribution in [0.3, 0.4) is 0 Å². The molecule has 0 aliphatic carbocycles. The summed E-state index contributed by atoms with van der Waals surface area (Å²) in [5, 5.41) is 0.668. The van der Waals surface area contributed by atoms with Gasteiger partial charge in [0.2, 0.25) is 0 Å². The summed E-state index contributed by atoms with van der Waals surface area (Å²) in [4.78, 5) is 12.3. The van der Waals surface area contributed by atoms with Gasteiger partial charge in [-0.15, -0.1) is 24.5 Å². The summed E-state index contributed by atoms with van der Waals surface area (Å²) in [5.74, 6) is -0.966. The zero-order valence-corrected chi connectivity index (χ0v) is 13.2. The Hall–Kier alpha value is -2.54. The molecular formula is C17H11F3O3S. The number of benzene rings is 2. The third kappa shape index (κ3) is 3.07. The molecule has 0 saturated carbocycles. The van der Waals surface area contributed by atoms with E-state index in [1.165, 1.54) is 36.6 Å². The molecule has 0 radical (unpaired) electrons. The van der Waals surface area contributed by atoms with E-state index in [0.717, 1.165) is 4.70 Å². The van der Waals surface area contributed by atoms with Gasteiger partial charge in [-0.25, -0.2) is 4.79 Å². The number of carbonyl (C=O) groups is 1. The molecule has 3 aromatic rings. The standard InChI is InChI=1S/C17H11F3O3S/c1-22-16(21)15-14(11-7-3-5-9-13(11)24-15)10-6-2-4-8-12(10)23-17(18,19)20/h2-9H,1H3. The number of para-hydroxylation sites is 1. The van der Waals surface area contributed by atoms with Crippen molar-refractivity contribution >= 4 is 27.4 Å². The van der Waals surface area contributed by atoms with Crippen molar-refractivity contribution < 1.29 is 27.4 Å². The van der Waals surface area contributed by atoms with E-state index in [9.17, 15) is 18.0 Å². The van der Waals surface area contributed by atoms with Crippen LogP contribution in [-0.4, -0.2) is 19.4 Å². The Morgan fingerprint density at radius 2 is 1.71 bits per heavy atom. The number of ether oxygens (including phenoxy) is 2. The Kier molecular flexibility index (Phi) is 4.19. The molecule has 0 fully saturated rings. The number of halogens is 3. The highest BCUT2D eigenvalue weighted by Crippen LogP contribution is 2.43. The lowest BCUT2D eigenvalue weighted by atomic mass is 10.0. The number of carbonyl (C=O) groups excluding carboxylic acids is 1. The first kappa shape index (κ1) is 16.3.